The maximum absolute atomic E-state index is 11.9. The van der Waals surface area contributed by atoms with E-state index in [2.05, 4.69) is 32.9 Å². The zero-order valence-electron chi connectivity index (χ0n) is 29.4. The lowest BCUT2D eigenvalue weighted by Gasteiger charge is -2.06. The van der Waals surface area contributed by atoms with Crippen LogP contribution in [-0.4, -0.2) is 12.6 Å². The highest BCUT2D eigenvalue weighted by atomic mass is 16.5. The van der Waals surface area contributed by atoms with Gasteiger partial charge in [0.15, 0.2) is 0 Å². The second kappa shape index (κ2) is 36.4. The molecule has 0 atom stereocenters. The van der Waals surface area contributed by atoms with E-state index in [1.165, 1.54) is 180 Å². The molecule has 250 valence electrons. The van der Waals surface area contributed by atoms with Gasteiger partial charge in [0.25, 0.3) is 0 Å². The summed E-state index contributed by atoms with van der Waals surface area (Å²) < 4.78 is 5.44. The van der Waals surface area contributed by atoms with Crippen LogP contribution < -0.4 is 0 Å². The van der Waals surface area contributed by atoms with Crippen LogP contribution in [-0.2, 0) is 9.53 Å². The Kier molecular flexibility index (Phi) is 35.7. The van der Waals surface area contributed by atoms with Gasteiger partial charge in [0.2, 0.25) is 0 Å². The largest absolute Gasteiger partial charge is 0.466 e. The summed E-state index contributed by atoms with van der Waals surface area (Å²) in [4.78, 5) is 11.9. The van der Waals surface area contributed by atoms with Crippen molar-refractivity contribution in [1.82, 2.24) is 0 Å². The van der Waals surface area contributed by atoms with Gasteiger partial charge in [0.1, 0.15) is 0 Å². The normalized spacial score (nSPS) is 11.7. The molecule has 0 aliphatic carbocycles. The van der Waals surface area contributed by atoms with Gasteiger partial charge in [0, 0.05) is 6.42 Å². The monoisotopic (exact) mass is 591 g/mol. The van der Waals surface area contributed by atoms with Crippen molar-refractivity contribution in [2.24, 2.45) is 5.92 Å². The van der Waals surface area contributed by atoms with Gasteiger partial charge in [-0.25, -0.2) is 0 Å². The second-order valence-corrected chi connectivity index (χ2v) is 13.7. The number of carbonyl (C=O) groups excluding carboxylic acids is 1. The fraction of sp³-hybridized carbons (Fsp3) is 0.925. The summed E-state index contributed by atoms with van der Waals surface area (Å²) in [5.74, 6) is 0.900. The van der Waals surface area contributed by atoms with E-state index >= 15 is 0 Å². The maximum atomic E-state index is 11.9. The molecule has 0 heterocycles. The lowest BCUT2D eigenvalue weighted by molar-refractivity contribution is -0.143. The van der Waals surface area contributed by atoms with E-state index < -0.39 is 0 Å². The molecule has 42 heavy (non-hydrogen) atoms. The van der Waals surface area contributed by atoms with Crippen molar-refractivity contribution >= 4 is 5.97 Å². The van der Waals surface area contributed by atoms with E-state index in [-0.39, 0.29) is 5.97 Å². The first-order valence-corrected chi connectivity index (χ1v) is 19.5. The van der Waals surface area contributed by atoms with Gasteiger partial charge in [-0.1, -0.05) is 193 Å². The standard InChI is InChI=1S/C40H78O2/c1-4-5-6-7-8-9-10-18-22-25-28-31-34-37-40(41)42-38-35-32-29-26-23-20-17-15-13-11-12-14-16-19-21-24-27-30-33-36-39(2)3/h9-10,39H,4-8,11-38H2,1-3H3/b10-9-. The highest BCUT2D eigenvalue weighted by Crippen LogP contribution is 2.16. The minimum atomic E-state index is 0.0175. The van der Waals surface area contributed by atoms with E-state index in [1.807, 2.05) is 0 Å². The van der Waals surface area contributed by atoms with Crippen LogP contribution in [0.15, 0.2) is 12.2 Å². The van der Waals surface area contributed by atoms with Crippen LogP contribution in [0.5, 0.6) is 0 Å². The van der Waals surface area contributed by atoms with Crippen LogP contribution in [0.3, 0.4) is 0 Å². The van der Waals surface area contributed by atoms with Crippen LogP contribution in [0.1, 0.15) is 226 Å². The number of rotatable bonds is 35. The first-order valence-electron chi connectivity index (χ1n) is 19.5. The Labute approximate surface area is 266 Å². The van der Waals surface area contributed by atoms with Gasteiger partial charge in [0.05, 0.1) is 6.61 Å². The van der Waals surface area contributed by atoms with Gasteiger partial charge < -0.3 is 4.74 Å². The lowest BCUT2D eigenvalue weighted by atomic mass is 10.0. The maximum Gasteiger partial charge on any atom is 0.305 e. The molecule has 0 aromatic carbocycles. The number of carbonyl (C=O) groups is 1. The van der Waals surface area contributed by atoms with Crippen molar-refractivity contribution in [2.75, 3.05) is 6.61 Å². The predicted octanol–water partition coefficient (Wildman–Crippen LogP) is 14.2. The van der Waals surface area contributed by atoms with E-state index in [0.717, 1.165) is 25.2 Å². The van der Waals surface area contributed by atoms with Gasteiger partial charge in [-0.2, -0.15) is 0 Å². The van der Waals surface area contributed by atoms with E-state index in [0.29, 0.717) is 13.0 Å². The fourth-order valence-electron chi connectivity index (χ4n) is 5.90. The third-order valence-electron chi connectivity index (χ3n) is 8.83. The molecule has 0 N–H and O–H groups in total. The summed E-state index contributed by atoms with van der Waals surface area (Å²) in [5, 5.41) is 0. The average molecular weight is 591 g/mol. The van der Waals surface area contributed by atoms with Gasteiger partial charge in [-0.3, -0.25) is 4.79 Å². The highest BCUT2D eigenvalue weighted by Gasteiger charge is 2.02. The highest BCUT2D eigenvalue weighted by molar-refractivity contribution is 5.69. The lowest BCUT2D eigenvalue weighted by Crippen LogP contribution is -2.05. The molecule has 0 saturated carbocycles. The summed E-state index contributed by atoms with van der Waals surface area (Å²) in [5.41, 5.74) is 0. The Morgan fingerprint density at radius 2 is 0.833 bits per heavy atom. The van der Waals surface area contributed by atoms with Crippen LogP contribution in [0.4, 0.5) is 0 Å². The first kappa shape index (κ1) is 41.2. The third-order valence-corrected chi connectivity index (χ3v) is 8.83. The molecule has 2 heteroatoms. The van der Waals surface area contributed by atoms with Crippen molar-refractivity contribution in [1.29, 1.82) is 0 Å². The number of hydrogen-bond acceptors (Lipinski definition) is 2. The molecule has 0 amide bonds. The van der Waals surface area contributed by atoms with Crippen molar-refractivity contribution in [3.05, 3.63) is 12.2 Å². The topological polar surface area (TPSA) is 26.3 Å². The van der Waals surface area contributed by atoms with Gasteiger partial charge >= 0.3 is 5.97 Å². The molecule has 0 radical (unpaired) electrons. The summed E-state index contributed by atoms with van der Waals surface area (Å²) in [7, 11) is 0. The summed E-state index contributed by atoms with van der Waals surface area (Å²) in [6.07, 6.45) is 47.2. The number of ether oxygens (including phenoxy) is 1. The molecular weight excluding hydrogens is 512 g/mol. The van der Waals surface area contributed by atoms with Crippen LogP contribution in [0, 0.1) is 5.92 Å². The quantitative estimate of drug-likeness (QED) is 0.0417. The SMILES string of the molecule is CCCCCC/C=C\CCCCCCCC(=O)OCCCCCCCCCCCCCCCCCCCCCC(C)C. The van der Waals surface area contributed by atoms with Gasteiger partial charge in [-0.15, -0.1) is 0 Å². The zero-order valence-corrected chi connectivity index (χ0v) is 29.4. The summed E-state index contributed by atoms with van der Waals surface area (Å²) >= 11 is 0. The molecule has 0 aliphatic heterocycles. The smallest absolute Gasteiger partial charge is 0.305 e. The molecule has 0 fully saturated rings. The molecule has 0 rings (SSSR count). The van der Waals surface area contributed by atoms with E-state index in [1.54, 1.807) is 0 Å². The molecule has 0 saturated heterocycles. The van der Waals surface area contributed by atoms with E-state index in [9.17, 15) is 4.79 Å². The number of hydrogen-bond donors (Lipinski definition) is 0. The average Bonchev–Trinajstić information content (AvgIpc) is 2.98. The summed E-state index contributed by atoms with van der Waals surface area (Å²) in [6, 6.07) is 0. The molecule has 0 aliphatic rings. The predicted molar refractivity (Wildman–Crippen MR) is 188 cm³/mol. The summed E-state index contributed by atoms with van der Waals surface area (Å²) in [6.45, 7) is 7.57. The molecule has 0 bridgehead atoms. The fourth-order valence-corrected chi connectivity index (χ4v) is 5.90. The van der Waals surface area contributed by atoms with Crippen LogP contribution >= 0.6 is 0 Å². The minimum absolute atomic E-state index is 0.0175. The van der Waals surface area contributed by atoms with E-state index in [4.69, 9.17) is 4.74 Å². The Hall–Kier alpha value is -0.790. The molecule has 0 spiro atoms. The minimum Gasteiger partial charge on any atom is -0.466 e. The second-order valence-electron chi connectivity index (χ2n) is 13.7. The molecule has 0 aromatic heterocycles. The van der Waals surface area contributed by atoms with Gasteiger partial charge in [-0.05, 0) is 44.4 Å². The zero-order chi connectivity index (χ0) is 30.6. The first-order chi connectivity index (χ1) is 20.7. The van der Waals surface area contributed by atoms with Crippen molar-refractivity contribution < 1.29 is 9.53 Å². The van der Waals surface area contributed by atoms with Crippen molar-refractivity contribution in [2.45, 2.75) is 226 Å². The van der Waals surface area contributed by atoms with Crippen molar-refractivity contribution in [3.63, 3.8) is 0 Å². The Balaban J connectivity index is 3.17. The Bertz CT molecular complexity index is 538. The number of unbranched alkanes of at least 4 members (excludes halogenated alkanes) is 27. The molecular formula is C40H78O2. The van der Waals surface area contributed by atoms with Crippen LogP contribution in [0.25, 0.3) is 0 Å². The van der Waals surface area contributed by atoms with Crippen molar-refractivity contribution in [3.8, 4) is 0 Å². The third kappa shape index (κ3) is 37.2. The Morgan fingerprint density at radius 1 is 0.476 bits per heavy atom. The number of allylic oxidation sites excluding steroid dienone is 2. The molecule has 0 aromatic rings. The van der Waals surface area contributed by atoms with Crippen LogP contribution in [0.2, 0.25) is 0 Å². The molecule has 0 unspecified atom stereocenters. The molecule has 2 nitrogen and oxygen atoms in total. The number of esters is 1. The Morgan fingerprint density at radius 3 is 1.26 bits per heavy atom.